The minimum atomic E-state index is 0. The summed E-state index contributed by atoms with van der Waals surface area (Å²) >= 11 is 0. The maximum absolute atomic E-state index is 6.06. The van der Waals surface area contributed by atoms with Crippen LogP contribution in [0.15, 0.2) is 22.7 Å². The molecule has 0 unspecified atom stereocenters. The van der Waals surface area contributed by atoms with Gasteiger partial charge < -0.3 is 15.2 Å². The van der Waals surface area contributed by atoms with E-state index in [4.69, 9.17) is 10.3 Å². The molecule has 0 radical (unpaired) electrons. The molecule has 1 aliphatic heterocycles. The highest BCUT2D eigenvalue weighted by Crippen LogP contribution is 2.32. The summed E-state index contributed by atoms with van der Waals surface area (Å²) in [5, 5.41) is 4.02. The fraction of sp³-hybridized carbons (Fsp3) is 0.467. The molecule has 5 nitrogen and oxygen atoms in total. The normalized spacial score (nSPS) is 14.0. The summed E-state index contributed by atoms with van der Waals surface area (Å²) in [7, 11) is 0. The van der Waals surface area contributed by atoms with E-state index in [1.165, 1.54) is 11.3 Å². The Bertz CT molecular complexity index is 611. The molecular weight excluding hydrogens is 288 g/mol. The third kappa shape index (κ3) is 3.13. The number of fused-ring (bicyclic) bond motifs is 1. The fourth-order valence-corrected chi connectivity index (χ4v) is 2.62. The zero-order valence-electron chi connectivity index (χ0n) is 12.4. The summed E-state index contributed by atoms with van der Waals surface area (Å²) in [5.41, 5.74) is 9.37. The molecule has 1 aliphatic rings. The molecule has 0 spiro atoms. The van der Waals surface area contributed by atoms with Gasteiger partial charge in [-0.1, -0.05) is 25.1 Å². The van der Waals surface area contributed by atoms with Crippen LogP contribution >= 0.6 is 12.4 Å². The Morgan fingerprint density at radius 2 is 2.19 bits per heavy atom. The Balaban J connectivity index is 0.00000161. The van der Waals surface area contributed by atoms with Crippen molar-refractivity contribution in [1.82, 2.24) is 10.1 Å². The van der Waals surface area contributed by atoms with Gasteiger partial charge in [0, 0.05) is 23.8 Å². The molecule has 0 saturated carbocycles. The Labute approximate surface area is 130 Å². The number of nitrogens with two attached hydrogens (primary N) is 1. The predicted octanol–water partition coefficient (Wildman–Crippen LogP) is 3.15. The molecule has 0 amide bonds. The lowest BCUT2D eigenvalue weighted by Gasteiger charge is -2.30. The number of nitrogens with zero attached hydrogens (tertiary/aromatic N) is 3. The van der Waals surface area contributed by atoms with Gasteiger partial charge in [-0.25, -0.2) is 0 Å². The highest BCUT2D eigenvalue weighted by atomic mass is 35.5. The van der Waals surface area contributed by atoms with Gasteiger partial charge in [-0.15, -0.1) is 12.4 Å². The molecular formula is C15H21ClN4O. The second kappa shape index (κ2) is 6.35. The van der Waals surface area contributed by atoms with Crippen molar-refractivity contribution in [3.63, 3.8) is 0 Å². The Hall–Kier alpha value is -1.75. The van der Waals surface area contributed by atoms with Crippen LogP contribution in [0.1, 0.15) is 43.5 Å². The van der Waals surface area contributed by atoms with Gasteiger partial charge in [0.2, 0.25) is 5.89 Å². The number of benzene rings is 1. The molecule has 0 bridgehead atoms. The Morgan fingerprint density at radius 1 is 1.38 bits per heavy atom. The minimum absolute atomic E-state index is 0. The largest absolute Gasteiger partial charge is 0.398 e. The van der Waals surface area contributed by atoms with Crippen molar-refractivity contribution in [3.05, 3.63) is 35.5 Å². The Morgan fingerprint density at radius 3 is 2.90 bits per heavy atom. The zero-order valence-corrected chi connectivity index (χ0v) is 13.2. The van der Waals surface area contributed by atoms with Crippen LogP contribution in [0.4, 0.5) is 11.4 Å². The van der Waals surface area contributed by atoms with Crippen LogP contribution < -0.4 is 10.6 Å². The highest BCUT2D eigenvalue weighted by molar-refractivity contribution is 5.85. The first-order valence-corrected chi connectivity index (χ1v) is 7.10. The van der Waals surface area contributed by atoms with Crippen LogP contribution in [0, 0.1) is 0 Å². The zero-order chi connectivity index (χ0) is 14.1. The molecule has 0 atom stereocenters. The molecule has 0 fully saturated rings. The molecule has 21 heavy (non-hydrogen) atoms. The molecule has 3 rings (SSSR count). The summed E-state index contributed by atoms with van der Waals surface area (Å²) in [6.45, 7) is 5.77. The molecule has 2 aromatic rings. The van der Waals surface area contributed by atoms with Crippen molar-refractivity contribution in [1.29, 1.82) is 0 Å². The van der Waals surface area contributed by atoms with E-state index in [1.54, 1.807) is 0 Å². The van der Waals surface area contributed by atoms with E-state index < -0.39 is 0 Å². The number of halogens is 1. The van der Waals surface area contributed by atoms with Crippen molar-refractivity contribution in [2.24, 2.45) is 0 Å². The number of nitrogen functional groups attached to an aromatic ring is 1. The predicted molar refractivity (Wildman–Crippen MR) is 85.9 cm³/mol. The van der Waals surface area contributed by atoms with E-state index in [2.05, 4.69) is 35.0 Å². The van der Waals surface area contributed by atoms with Crippen LogP contribution in [-0.2, 0) is 13.0 Å². The van der Waals surface area contributed by atoms with Crippen molar-refractivity contribution in [3.8, 4) is 0 Å². The van der Waals surface area contributed by atoms with Gasteiger partial charge in [0.15, 0.2) is 5.82 Å². The van der Waals surface area contributed by atoms with Crippen molar-refractivity contribution >= 4 is 23.8 Å². The fourth-order valence-electron chi connectivity index (χ4n) is 2.62. The second-order valence-electron chi connectivity index (χ2n) is 5.57. The van der Waals surface area contributed by atoms with Crippen LogP contribution in [0.5, 0.6) is 0 Å². The van der Waals surface area contributed by atoms with Gasteiger partial charge >= 0.3 is 0 Å². The lowest BCUT2D eigenvalue weighted by atomic mass is 10.00. The molecule has 6 heteroatoms. The van der Waals surface area contributed by atoms with E-state index in [0.29, 0.717) is 12.4 Å². The number of anilines is 2. The molecule has 1 aromatic heterocycles. The summed E-state index contributed by atoms with van der Waals surface area (Å²) in [6.07, 6.45) is 2.14. The lowest BCUT2D eigenvalue weighted by Crippen LogP contribution is -2.29. The Kier molecular flexibility index (Phi) is 4.73. The third-order valence-electron chi connectivity index (χ3n) is 3.71. The van der Waals surface area contributed by atoms with E-state index in [-0.39, 0.29) is 18.3 Å². The van der Waals surface area contributed by atoms with Crippen molar-refractivity contribution < 1.29 is 4.52 Å². The van der Waals surface area contributed by atoms with Crippen molar-refractivity contribution in [2.75, 3.05) is 17.2 Å². The highest BCUT2D eigenvalue weighted by Gasteiger charge is 2.21. The van der Waals surface area contributed by atoms with Crippen molar-refractivity contribution in [2.45, 2.75) is 39.2 Å². The topological polar surface area (TPSA) is 68.2 Å². The van der Waals surface area contributed by atoms with E-state index in [1.807, 2.05) is 12.1 Å². The number of rotatable bonds is 3. The first-order valence-electron chi connectivity index (χ1n) is 7.10. The average Bonchev–Trinajstić information content (AvgIpc) is 2.89. The van der Waals surface area contributed by atoms with Gasteiger partial charge in [0.05, 0.1) is 6.54 Å². The maximum atomic E-state index is 6.06. The van der Waals surface area contributed by atoms with Gasteiger partial charge in [-0.3, -0.25) is 0 Å². The SMILES string of the molecule is CC(C)c1noc(CN2CCCc3c(N)cccc32)n1.Cl. The monoisotopic (exact) mass is 308 g/mol. The van der Waals surface area contributed by atoms with E-state index in [0.717, 1.165) is 30.9 Å². The molecule has 0 saturated heterocycles. The lowest BCUT2D eigenvalue weighted by molar-refractivity contribution is 0.368. The molecule has 1 aromatic carbocycles. The first kappa shape index (κ1) is 15.6. The summed E-state index contributed by atoms with van der Waals surface area (Å²) < 4.78 is 5.34. The molecule has 0 aliphatic carbocycles. The van der Waals surface area contributed by atoms with E-state index in [9.17, 15) is 0 Å². The molecule has 114 valence electrons. The van der Waals surface area contributed by atoms with Crippen LogP contribution in [0.3, 0.4) is 0 Å². The number of aromatic nitrogens is 2. The maximum Gasteiger partial charge on any atom is 0.246 e. The van der Waals surface area contributed by atoms with Crippen LogP contribution in [0.2, 0.25) is 0 Å². The summed E-state index contributed by atoms with van der Waals surface area (Å²) in [5.74, 6) is 1.73. The smallest absolute Gasteiger partial charge is 0.246 e. The standard InChI is InChI=1S/C15H20N4O.ClH/c1-10(2)15-17-14(20-18-15)9-19-8-4-5-11-12(16)6-3-7-13(11)19;/h3,6-7,10H,4-5,8-9,16H2,1-2H3;1H. The average molecular weight is 309 g/mol. The van der Waals surface area contributed by atoms with Gasteiger partial charge in [0.25, 0.3) is 0 Å². The van der Waals surface area contributed by atoms with Crippen LogP contribution in [-0.4, -0.2) is 16.7 Å². The van der Waals surface area contributed by atoms with Gasteiger partial charge in [0.1, 0.15) is 0 Å². The number of hydrogen-bond donors (Lipinski definition) is 1. The summed E-state index contributed by atoms with van der Waals surface area (Å²) in [6, 6.07) is 6.08. The number of hydrogen-bond acceptors (Lipinski definition) is 5. The molecule has 2 heterocycles. The quantitative estimate of drug-likeness (QED) is 0.882. The minimum Gasteiger partial charge on any atom is -0.398 e. The van der Waals surface area contributed by atoms with Gasteiger partial charge in [-0.2, -0.15) is 4.98 Å². The van der Waals surface area contributed by atoms with E-state index >= 15 is 0 Å². The van der Waals surface area contributed by atoms with Gasteiger partial charge in [-0.05, 0) is 30.5 Å². The first-order chi connectivity index (χ1) is 9.65. The summed E-state index contributed by atoms with van der Waals surface area (Å²) in [4.78, 5) is 6.72. The third-order valence-corrected chi connectivity index (χ3v) is 3.71. The second-order valence-corrected chi connectivity index (χ2v) is 5.57. The van der Waals surface area contributed by atoms with Crippen LogP contribution in [0.25, 0.3) is 0 Å². The molecule has 2 N–H and O–H groups in total.